The normalized spacial score (nSPS) is 15.9. The van der Waals surface area contributed by atoms with Crippen LogP contribution in [-0.2, 0) is 16.1 Å². The van der Waals surface area contributed by atoms with Gasteiger partial charge in [-0.2, -0.15) is 0 Å². The van der Waals surface area contributed by atoms with Gasteiger partial charge in [0, 0.05) is 23.7 Å². The molecule has 0 radical (unpaired) electrons. The van der Waals surface area contributed by atoms with Crippen molar-refractivity contribution in [3.63, 3.8) is 0 Å². The third kappa shape index (κ3) is 5.98. The Morgan fingerprint density at radius 3 is 2.57 bits per heavy atom. The van der Waals surface area contributed by atoms with E-state index in [9.17, 15) is 14.0 Å². The highest BCUT2D eigenvalue weighted by molar-refractivity contribution is 7.09. The summed E-state index contributed by atoms with van der Waals surface area (Å²) in [6, 6.07) is 21.9. The zero-order chi connectivity index (χ0) is 25.6. The zero-order valence-corrected chi connectivity index (χ0v) is 21.0. The molecule has 37 heavy (non-hydrogen) atoms. The van der Waals surface area contributed by atoms with E-state index >= 15 is 0 Å². The minimum Gasteiger partial charge on any atom is -0.376 e. The number of H-pyrrole nitrogens is 1. The number of rotatable bonds is 9. The SMILES string of the molecule is O=C(NC[C@H]1CCCO1)[C@@H](c1ccc(F)cc1)N(Cc1cccs1)C(=O)c1ccc(-c2ccccc2)[nH]1. The highest BCUT2D eigenvalue weighted by atomic mass is 32.1. The number of nitrogens with zero attached hydrogens (tertiary/aromatic N) is 1. The van der Waals surface area contributed by atoms with Crippen molar-refractivity contribution in [1.29, 1.82) is 0 Å². The first kappa shape index (κ1) is 24.9. The van der Waals surface area contributed by atoms with Crippen LogP contribution < -0.4 is 5.32 Å². The summed E-state index contributed by atoms with van der Waals surface area (Å²) >= 11 is 1.51. The largest absolute Gasteiger partial charge is 0.376 e. The molecule has 0 aliphatic carbocycles. The molecule has 2 amide bonds. The molecule has 6 nitrogen and oxygen atoms in total. The summed E-state index contributed by atoms with van der Waals surface area (Å²) in [5, 5.41) is 4.91. The van der Waals surface area contributed by atoms with Crippen molar-refractivity contribution in [1.82, 2.24) is 15.2 Å². The number of amides is 2. The summed E-state index contributed by atoms with van der Waals surface area (Å²) in [6.45, 7) is 1.27. The standard InChI is InChI=1S/C29H28FN3O3S/c30-22-12-10-21(11-13-22)27(28(34)31-18-23-8-4-16-36-23)33(19-24-9-5-17-37-24)29(35)26-15-14-25(32-26)20-6-2-1-3-7-20/h1-3,5-7,9-15,17,23,27,32H,4,8,16,18-19H2,(H,31,34)/t23-,27-/m1/s1. The molecule has 5 rings (SSSR count). The number of carbonyl (C=O) groups excluding carboxylic acids is 2. The number of nitrogens with one attached hydrogen (secondary N) is 2. The van der Waals surface area contributed by atoms with E-state index < -0.39 is 11.9 Å². The van der Waals surface area contributed by atoms with Crippen LogP contribution in [0.3, 0.4) is 0 Å². The van der Waals surface area contributed by atoms with E-state index in [2.05, 4.69) is 10.3 Å². The van der Waals surface area contributed by atoms with Crippen LogP contribution in [0.5, 0.6) is 0 Å². The molecular formula is C29H28FN3O3S. The quantitative estimate of drug-likeness (QED) is 0.305. The lowest BCUT2D eigenvalue weighted by atomic mass is 10.0. The van der Waals surface area contributed by atoms with Crippen molar-refractivity contribution in [2.45, 2.75) is 31.5 Å². The summed E-state index contributed by atoms with van der Waals surface area (Å²) < 4.78 is 19.5. The maximum atomic E-state index is 14.0. The minimum absolute atomic E-state index is 0.0453. The molecule has 1 fully saturated rings. The van der Waals surface area contributed by atoms with Crippen molar-refractivity contribution in [3.8, 4) is 11.3 Å². The molecule has 1 saturated heterocycles. The van der Waals surface area contributed by atoms with Gasteiger partial charge in [0.15, 0.2) is 0 Å². The number of benzene rings is 2. The van der Waals surface area contributed by atoms with Crippen LogP contribution >= 0.6 is 11.3 Å². The average Bonchev–Trinajstić information content (AvgIpc) is 3.72. The van der Waals surface area contributed by atoms with Crippen molar-refractivity contribution in [3.05, 3.63) is 106 Å². The Bertz CT molecular complexity index is 1320. The number of aromatic amines is 1. The van der Waals surface area contributed by atoms with Crippen LogP contribution in [0.1, 0.15) is 39.8 Å². The number of halogens is 1. The summed E-state index contributed by atoms with van der Waals surface area (Å²) in [5.74, 6) is -1.06. The predicted octanol–water partition coefficient (Wildman–Crippen LogP) is 5.56. The van der Waals surface area contributed by atoms with Gasteiger partial charge in [-0.3, -0.25) is 9.59 Å². The number of hydrogen-bond donors (Lipinski definition) is 2. The van der Waals surface area contributed by atoms with E-state index in [1.54, 1.807) is 23.1 Å². The summed E-state index contributed by atoms with van der Waals surface area (Å²) in [7, 11) is 0. The van der Waals surface area contributed by atoms with E-state index in [4.69, 9.17) is 4.74 Å². The Hall–Kier alpha value is -3.75. The van der Waals surface area contributed by atoms with Crippen molar-refractivity contribution in [2.24, 2.45) is 0 Å². The number of aromatic nitrogens is 1. The molecule has 190 valence electrons. The van der Waals surface area contributed by atoms with Crippen LogP contribution in [-0.4, -0.2) is 41.0 Å². The van der Waals surface area contributed by atoms with Gasteiger partial charge in [-0.05, 0) is 59.7 Å². The maximum absolute atomic E-state index is 14.0. The Kier molecular flexibility index (Phi) is 7.77. The Balaban J connectivity index is 1.49. The van der Waals surface area contributed by atoms with Gasteiger partial charge in [-0.25, -0.2) is 4.39 Å². The van der Waals surface area contributed by atoms with Crippen LogP contribution in [0.2, 0.25) is 0 Å². The molecule has 0 unspecified atom stereocenters. The van der Waals surface area contributed by atoms with E-state index in [0.29, 0.717) is 24.4 Å². The van der Waals surface area contributed by atoms with Gasteiger partial charge >= 0.3 is 0 Å². The minimum atomic E-state index is -0.958. The van der Waals surface area contributed by atoms with Gasteiger partial charge in [0.2, 0.25) is 5.91 Å². The number of thiophene rings is 1. The first-order chi connectivity index (χ1) is 18.1. The molecule has 8 heteroatoms. The lowest BCUT2D eigenvalue weighted by molar-refractivity contribution is -0.126. The van der Waals surface area contributed by atoms with Crippen LogP contribution in [0.25, 0.3) is 11.3 Å². The van der Waals surface area contributed by atoms with E-state index in [0.717, 1.165) is 29.0 Å². The van der Waals surface area contributed by atoms with Gasteiger partial charge < -0.3 is 19.9 Å². The monoisotopic (exact) mass is 517 g/mol. The fourth-order valence-corrected chi connectivity index (χ4v) is 5.25. The number of carbonyl (C=O) groups is 2. The summed E-state index contributed by atoms with van der Waals surface area (Å²) in [4.78, 5) is 33.3. The lowest BCUT2D eigenvalue weighted by Gasteiger charge is -2.31. The van der Waals surface area contributed by atoms with Crippen molar-refractivity contribution in [2.75, 3.05) is 13.2 Å². The van der Waals surface area contributed by atoms with Gasteiger partial charge in [0.05, 0.1) is 12.6 Å². The first-order valence-corrected chi connectivity index (χ1v) is 13.2. The highest BCUT2D eigenvalue weighted by Gasteiger charge is 2.33. The Morgan fingerprint density at radius 1 is 1.05 bits per heavy atom. The molecule has 4 aromatic rings. The first-order valence-electron chi connectivity index (χ1n) is 12.3. The molecule has 0 saturated carbocycles. The van der Waals surface area contributed by atoms with Crippen LogP contribution in [0.15, 0.2) is 84.2 Å². The molecule has 1 aliphatic heterocycles. The van der Waals surface area contributed by atoms with E-state index in [1.807, 2.05) is 53.9 Å². The van der Waals surface area contributed by atoms with Crippen molar-refractivity contribution < 1.29 is 18.7 Å². The molecule has 3 heterocycles. The molecule has 1 aliphatic rings. The molecule has 2 atom stereocenters. The van der Waals surface area contributed by atoms with Gasteiger partial charge in [-0.15, -0.1) is 11.3 Å². The number of ether oxygens (including phenoxy) is 1. The van der Waals surface area contributed by atoms with Gasteiger partial charge in [0.25, 0.3) is 5.91 Å². The summed E-state index contributed by atoms with van der Waals surface area (Å²) in [6.07, 6.45) is 1.79. The van der Waals surface area contributed by atoms with Gasteiger partial charge in [-0.1, -0.05) is 48.5 Å². The molecule has 0 bridgehead atoms. The molecule has 2 N–H and O–H groups in total. The van der Waals surface area contributed by atoms with Gasteiger partial charge in [0.1, 0.15) is 17.6 Å². The molecule has 2 aromatic heterocycles. The fourth-order valence-electron chi connectivity index (χ4n) is 4.55. The Morgan fingerprint density at radius 2 is 1.86 bits per heavy atom. The molecular weight excluding hydrogens is 489 g/mol. The second kappa shape index (κ2) is 11.5. The topological polar surface area (TPSA) is 74.4 Å². The Labute approximate surface area is 219 Å². The van der Waals surface area contributed by atoms with Crippen LogP contribution in [0, 0.1) is 5.82 Å². The highest BCUT2D eigenvalue weighted by Crippen LogP contribution is 2.28. The van der Waals surface area contributed by atoms with E-state index in [-0.39, 0.29) is 24.5 Å². The second-order valence-corrected chi connectivity index (χ2v) is 10.0. The third-order valence-electron chi connectivity index (χ3n) is 6.44. The van der Waals surface area contributed by atoms with E-state index in [1.165, 1.54) is 23.5 Å². The average molecular weight is 518 g/mol. The maximum Gasteiger partial charge on any atom is 0.271 e. The third-order valence-corrected chi connectivity index (χ3v) is 7.30. The van der Waals surface area contributed by atoms with Crippen LogP contribution in [0.4, 0.5) is 4.39 Å². The fraction of sp³-hybridized carbons (Fsp3) is 0.241. The van der Waals surface area contributed by atoms with Crippen molar-refractivity contribution >= 4 is 23.2 Å². The lowest BCUT2D eigenvalue weighted by Crippen LogP contribution is -2.45. The number of hydrogen-bond acceptors (Lipinski definition) is 4. The second-order valence-electron chi connectivity index (χ2n) is 9.00. The predicted molar refractivity (Wildman–Crippen MR) is 142 cm³/mol. The summed E-state index contributed by atoms with van der Waals surface area (Å²) in [5.41, 5.74) is 2.66. The molecule has 0 spiro atoms. The molecule has 2 aromatic carbocycles. The smallest absolute Gasteiger partial charge is 0.271 e. The zero-order valence-electron chi connectivity index (χ0n) is 20.2.